The number of aromatic nitrogens is 3. The van der Waals surface area contributed by atoms with Crippen LogP contribution in [0.4, 0.5) is 0 Å². The Hall–Kier alpha value is -1.48. The second kappa shape index (κ2) is 4.18. The topological polar surface area (TPSA) is 38.7 Å². The van der Waals surface area contributed by atoms with Crippen molar-refractivity contribution in [3.63, 3.8) is 0 Å². The first kappa shape index (κ1) is 11.0. The first-order valence-electron chi connectivity index (χ1n) is 5.01. The van der Waals surface area contributed by atoms with Gasteiger partial charge in [0.05, 0.1) is 5.69 Å². The molecule has 2 rings (SSSR count). The minimum atomic E-state index is 0.513. The maximum Gasteiger partial charge on any atom is 0.136 e. The van der Waals surface area contributed by atoms with Crippen LogP contribution in [0.15, 0.2) is 18.5 Å². The Morgan fingerprint density at radius 3 is 2.56 bits per heavy atom. The van der Waals surface area contributed by atoms with Crippen molar-refractivity contribution in [1.82, 2.24) is 15.0 Å². The number of rotatable bonds is 1. The third kappa shape index (κ3) is 1.91. The maximum atomic E-state index is 6.05. The molecule has 0 aromatic carbocycles. The Kier molecular flexibility index (Phi) is 2.88. The molecule has 0 unspecified atom stereocenters. The van der Waals surface area contributed by atoms with Gasteiger partial charge in [-0.25, -0.2) is 9.97 Å². The van der Waals surface area contributed by atoms with Crippen LogP contribution in [0.25, 0.3) is 11.3 Å². The predicted octanol–water partition coefficient (Wildman–Crippen LogP) is 3.12. The van der Waals surface area contributed by atoms with Crippen LogP contribution < -0.4 is 0 Å². The Morgan fingerprint density at radius 1 is 1.12 bits per heavy atom. The van der Waals surface area contributed by atoms with Gasteiger partial charge in [0.15, 0.2) is 0 Å². The van der Waals surface area contributed by atoms with Crippen LogP contribution in [0.2, 0.25) is 5.15 Å². The summed E-state index contributed by atoms with van der Waals surface area (Å²) >= 11 is 6.05. The zero-order valence-electron chi connectivity index (χ0n) is 9.45. The van der Waals surface area contributed by atoms with E-state index in [-0.39, 0.29) is 0 Å². The highest BCUT2D eigenvalue weighted by Crippen LogP contribution is 2.27. The fraction of sp³-hybridized carbons (Fsp3) is 0.250. The molecular formula is C12H12ClN3. The lowest BCUT2D eigenvalue weighted by molar-refractivity contribution is 1.03. The third-order valence-electron chi connectivity index (χ3n) is 2.47. The molecule has 0 fully saturated rings. The minimum Gasteiger partial charge on any atom is -0.264 e. The highest BCUT2D eigenvalue weighted by Gasteiger charge is 2.11. The number of aryl methyl sites for hydroxylation is 2. The first-order valence-corrected chi connectivity index (χ1v) is 5.39. The lowest BCUT2D eigenvalue weighted by Crippen LogP contribution is -1.98. The average molecular weight is 234 g/mol. The molecule has 0 spiro atoms. The molecule has 0 saturated heterocycles. The molecule has 3 nitrogen and oxygen atoms in total. The van der Waals surface area contributed by atoms with E-state index in [0.29, 0.717) is 11.0 Å². The molecule has 0 bridgehead atoms. The van der Waals surface area contributed by atoms with Gasteiger partial charge in [-0.3, -0.25) is 4.98 Å². The normalized spacial score (nSPS) is 10.5. The summed E-state index contributed by atoms with van der Waals surface area (Å²) in [7, 11) is 0. The second-order valence-corrected chi connectivity index (χ2v) is 4.08. The van der Waals surface area contributed by atoms with E-state index in [0.717, 1.165) is 22.4 Å². The van der Waals surface area contributed by atoms with E-state index in [2.05, 4.69) is 15.0 Å². The van der Waals surface area contributed by atoms with Crippen molar-refractivity contribution in [2.24, 2.45) is 0 Å². The van der Waals surface area contributed by atoms with Crippen molar-refractivity contribution in [2.75, 3.05) is 0 Å². The van der Waals surface area contributed by atoms with Crippen LogP contribution in [0.3, 0.4) is 0 Å². The van der Waals surface area contributed by atoms with Gasteiger partial charge in [-0.2, -0.15) is 0 Å². The molecule has 0 N–H and O–H groups in total. The SMILES string of the molecule is Cc1nc(Cl)c(C)c(-c2ccncc2C)n1. The van der Waals surface area contributed by atoms with E-state index in [1.807, 2.05) is 33.0 Å². The standard InChI is InChI=1S/C12H12ClN3/c1-7-6-14-5-4-10(7)11-8(2)12(13)16-9(3)15-11/h4-6H,1-3H3. The van der Waals surface area contributed by atoms with Crippen molar-refractivity contribution < 1.29 is 0 Å². The zero-order chi connectivity index (χ0) is 11.7. The summed E-state index contributed by atoms with van der Waals surface area (Å²) in [5, 5.41) is 0.513. The molecule has 0 aliphatic heterocycles. The Morgan fingerprint density at radius 2 is 1.88 bits per heavy atom. The highest BCUT2D eigenvalue weighted by atomic mass is 35.5. The molecule has 0 saturated carbocycles. The molecular weight excluding hydrogens is 222 g/mol. The number of nitrogens with zero attached hydrogens (tertiary/aromatic N) is 3. The van der Waals surface area contributed by atoms with E-state index in [4.69, 9.17) is 11.6 Å². The van der Waals surface area contributed by atoms with Crippen LogP contribution in [-0.4, -0.2) is 15.0 Å². The summed E-state index contributed by atoms with van der Waals surface area (Å²) in [4.78, 5) is 12.6. The van der Waals surface area contributed by atoms with Crippen molar-refractivity contribution in [3.05, 3.63) is 40.6 Å². The monoisotopic (exact) mass is 233 g/mol. The zero-order valence-corrected chi connectivity index (χ0v) is 10.2. The summed E-state index contributed by atoms with van der Waals surface area (Å²) in [5.41, 5.74) is 3.93. The number of pyridine rings is 1. The largest absolute Gasteiger partial charge is 0.264 e. The van der Waals surface area contributed by atoms with E-state index in [9.17, 15) is 0 Å². The molecule has 2 heterocycles. The van der Waals surface area contributed by atoms with Crippen molar-refractivity contribution in [1.29, 1.82) is 0 Å². The summed E-state index contributed by atoms with van der Waals surface area (Å²) in [6.45, 7) is 5.77. The molecule has 0 aliphatic carbocycles. The van der Waals surface area contributed by atoms with Gasteiger partial charge in [0.1, 0.15) is 11.0 Å². The molecule has 0 amide bonds. The van der Waals surface area contributed by atoms with Crippen LogP contribution in [-0.2, 0) is 0 Å². The van der Waals surface area contributed by atoms with E-state index in [1.54, 1.807) is 6.20 Å². The number of hydrogen-bond acceptors (Lipinski definition) is 3. The minimum absolute atomic E-state index is 0.513. The maximum absolute atomic E-state index is 6.05. The molecule has 2 aromatic rings. The molecule has 16 heavy (non-hydrogen) atoms. The fourth-order valence-corrected chi connectivity index (χ4v) is 1.81. The van der Waals surface area contributed by atoms with Gasteiger partial charge >= 0.3 is 0 Å². The smallest absolute Gasteiger partial charge is 0.136 e. The lowest BCUT2D eigenvalue weighted by atomic mass is 10.1. The van der Waals surface area contributed by atoms with Gasteiger partial charge < -0.3 is 0 Å². The Balaban J connectivity index is 2.69. The van der Waals surface area contributed by atoms with Gasteiger partial charge in [-0.1, -0.05) is 11.6 Å². The van der Waals surface area contributed by atoms with E-state index in [1.165, 1.54) is 0 Å². The van der Waals surface area contributed by atoms with Crippen molar-refractivity contribution in [3.8, 4) is 11.3 Å². The highest BCUT2D eigenvalue weighted by molar-refractivity contribution is 6.30. The average Bonchev–Trinajstić information content (AvgIpc) is 2.24. The van der Waals surface area contributed by atoms with Crippen LogP contribution in [0, 0.1) is 20.8 Å². The van der Waals surface area contributed by atoms with E-state index >= 15 is 0 Å². The van der Waals surface area contributed by atoms with Gasteiger partial charge in [-0.05, 0) is 32.4 Å². The lowest BCUT2D eigenvalue weighted by Gasteiger charge is -2.09. The Bertz CT molecular complexity index is 538. The molecule has 0 atom stereocenters. The summed E-state index contributed by atoms with van der Waals surface area (Å²) in [6, 6.07) is 1.94. The van der Waals surface area contributed by atoms with Crippen molar-refractivity contribution >= 4 is 11.6 Å². The number of halogens is 1. The molecule has 2 aromatic heterocycles. The van der Waals surface area contributed by atoms with Gasteiger partial charge in [-0.15, -0.1) is 0 Å². The molecule has 82 valence electrons. The third-order valence-corrected chi connectivity index (χ3v) is 2.84. The van der Waals surface area contributed by atoms with Gasteiger partial charge in [0.2, 0.25) is 0 Å². The summed E-state index contributed by atoms with van der Waals surface area (Å²) < 4.78 is 0. The molecule has 4 heteroatoms. The molecule has 0 radical (unpaired) electrons. The first-order chi connectivity index (χ1) is 7.59. The van der Waals surface area contributed by atoms with E-state index < -0.39 is 0 Å². The quantitative estimate of drug-likeness (QED) is 0.711. The van der Waals surface area contributed by atoms with Gasteiger partial charge in [0.25, 0.3) is 0 Å². The second-order valence-electron chi connectivity index (χ2n) is 3.73. The predicted molar refractivity (Wildman–Crippen MR) is 64.5 cm³/mol. The molecule has 0 aliphatic rings. The van der Waals surface area contributed by atoms with Crippen LogP contribution in [0.1, 0.15) is 17.0 Å². The van der Waals surface area contributed by atoms with Gasteiger partial charge in [0, 0.05) is 23.5 Å². The fourth-order valence-electron chi connectivity index (χ4n) is 1.60. The summed E-state index contributed by atoms with van der Waals surface area (Å²) in [6.07, 6.45) is 3.58. The van der Waals surface area contributed by atoms with Crippen molar-refractivity contribution in [2.45, 2.75) is 20.8 Å². The van der Waals surface area contributed by atoms with Crippen LogP contribution in [0.5, 0.6) is 0 Å². The summed E-state index contributed by atoms with van der Waals surface area (Å²) in [5.74, 6) is 0.682. The van der Waals surface area contributed by atoms with Crippen LogP contribution >= 0.6 is 11.6 Å². The number of hydrogen-bond donors (Lipinski definition) is 0. The Labute approximate surface area is 99.5 Å².